The second-order valence-electron chi connectivity index (χ2n) is 16.6. The smallest absolute Gasteiger partial charge is 0.249 e. The van der Waals surface area contributed by atoms with E-state index < -0.39 is 34.7 Å². The lowest BCUT2D eigenvalue weighted by atomic mass is 9.82. The minimum Gasteiger partial charge on any atom is -0.468 e. The van der Waals surface area contributed by atoms with E-state index in [1.54, 1.807) is 18.2 Å². The first-order chi connectivity index (χ1) is 25.6. The predicted octanol–water partition coefficient (Wildman–Crippen LogP) is 9.27. The highest BCUT2D eigenvalue weighted by molar-refractivity contribution is 7.91. The van der Waals surface area contributed by atoms with Crippen molar-refractivity contribution in [2.75, 3.05) is 31.1 Å². The summed E-state index contributed by atoms with van der Waals surface area (Å²) >= 11 is 0. The fraction of sp³-hybridized carbons (Fsp3) is 0.548. The summed E-state index contributed by atoms with van der Waals surface area (Å²) in [4.78, 5) is 16.6. The molecule has 4 atom stereocenters. The lowest BCUT2D eigenvalue weighted by molar-refractivity contribution is 0.0512. The van der Waals surface area contributed by atoms with Crippen molar-refractivity contribution in [1.29, 1.82) is 0 Å². The average molecular weight is 775 g/mol. The van der Waals surface area contributed by atoms with E-state index in [4.69, 9.17) is 19.4 Å². The molecule has 1 saturated carbocycles. The van der Waals surface area contributed by atoms with Crippen LogP contribution < -0.4 is 9.64 Å². The second-order valence-corrected chi connectivity index (χ2v) is 24.4. The molecule has 1 aliphatic carbocycles. The van der Waals surface area contributed by atoms with Gasteiger partial charge >= 0.3 is 0 Å². The zero-order valence-electron chi connectivity index (χ0n) is 32.9. The van der Waals surface area contributed by atoms with Crippen LogP contribution in [0.25, 0.3) is 32.9 Å². The maximum absolute atomic E-state index is 17.6. The topological polar surface area (TPSA) is 94.5 Å². The van der Waals surface area contributed by atoms with E-state index in [1.807, 2.05) is 0 Å². The first-order valence-electron chi connectivity index (χ1n) is 19.4. The van der Waals surface area contributed by atoms with Gasteiger partial charge in [-0.3, -0.25) is 0 Å². The molecule has 7 rings (SSSR count). The molecule has 1 saturated heterocycles. The predicted molar refractivity (Wildman–Crippen MR) is 213 cm³/mol. The van der Waals surface area contributed by atoms with Crippen molar-refractivity contribution in [3.05, 3.63) is 47.2 Å². The molecule has 0 unspecified atom stereocenters. The molecule has 2 aromatic carbocycles. The van der Waals surface area contributed by atoms with Gasteiger partial charge in [0.25, 0.3) is 0 Å². The van der Waals surface area contributed by atoms with Crippen LogP contribution in [0.15, 0.2) is 29.4 Å². The number of halogens is 2. The first kappa shape index (κ1) is 38.6. The summed E-state index contributed by atoms with van der Waals surface area (Å²) in [5.41, 5.74) is 5.51. The third-order valence-corrected chi connectivity index (χ3v) is 20.4. The zero-order valence-corrected chi connectivity index (χ0v) is 34.7. The molecular weight excluding hydrogens is 723 g/mol. The molecule has 0 radical (unpaired) electrons. The average Bonchev–Trinajstić information content (AvgIpc) is 3.45. The minimum atomic E-state index is -3.92. The Morgan fingerprint density at radius 1 is 1.00 bits per heavy atom. The quantitative estimate of drug-likeness (QED) is 0.0720. The maximum Gasteiger partial charge on any atom is 0.249 e. The Morgan fingerprint density at radius 3 is 2.39 bits per heavy atom. The largest absolute Gasteiger partial charge is 0.468 e. The SMILES string of the molecule is CCS(=O)(=O)c1nc2c3c(nc(-c4cc(OCOC)cc5ccc(F)c(C#C[Si](C(C)C)(C(C)C)C(C)C)c45)c(F)c3n1)C[C@@H](C)[C@H]1[C@@H]3CC[C@@H](C3)CN21. The van der Waals surface area contributed by atoms with E-state index in [0.717, 1.165) is 25.8 Å². The van der Waals surface area contributed by atoms with Crippen LogP contribution in [0, 0.1) is 40.9 Å². The van der Waals surface area contributed by atoms with Gasteiger partial charge in [-0.25, -0.2) is 32.2 Å². The number of fused-ring (bicyclic) bond motifs is 6. The Bertz CT molecular complexity index is 2280. The highest BCUT2D eigenvalue weighted by Gasteiger charge is 2.46. The first-order valence-corrected chi connectivity index (χ1v) is 23.3. The fourth-order valence-electron chi connectivity index (χ4n) is 10.2. The second kappa shape index (κ2) is 14.4. The van der Waals surface area contributed by atoms with Crippen LogP contribution in [-0.2, 0) is 21.0 Å². The Labute approximate surface area is 319 Å². The van der Waals surface area contributed by atoms with Crippen molar-refractivity contribution < 1.29 is 26.7 Å². The van der Waals surface area contributed by atoms with Gasteiger partial charge in [-0.05, 0) is 83.6 Å². The molecule has 2 aliphatic heterocycles. The highest BCUT2D eigenvalue weighted by atomic mass is 32.2. The monoisotopic (exact) mass is 774 g/mol. The number of ether oxygens (including phenoxy) is 2. The number of sulfone groups is 1. The van der Waals surface area contributed by atoms with Crippen LogP contribution in [0.5, 0.6) is 5.75 Å². The van der Waals surface area contributed by atoms with Crippen LogP contribution in [0.2, 0.25) is 16.6 Å². The summed E-state index contributed by atoms with van der Waals surface area (Å²) in [6, 6.07) is 6.57. The van der Waals surface area contributed by atoms with E-state index in [2.05, 4.69) is 69.8 Å². The lowest BCUT2D eigenvalue weighted by Gasteiger charge is -2.43. The highest BCUT2D eigenvalue weighted by Crippen LogP contribution is 2.49. The molecule has 4 heterocycles. The standard InChI is InChI=1S/C42H52F2N4O4SSi/c1-10-53(49,50)42-46-39-36-34(17-26(8)40-29-12-11-27(18-29)21-48(40)41(36)47-42)45-38(37(39)44)32-20-30(52-22-51-9)19-28-13-14-33(43)31(35(28)32)15-16-54(23(2)3,24(4)5)25(6)7/h13-14,19-20,23-27,29,40H,10-12,17-18,21-22H2,1-9H3/t26-,27+,29-,40+/m1/s1. The number of hydrogen-bond acceptors (Lipinski definition) is 8. The molecule has 0 N–H and O–H groups in total. The Hall–Kier alpha value is -3.66. The maximum atomic E-state index is 17.6. The van der Waals surface area contributed by atoms with Gasteiger partial charge in [-0.15, -0.1) is 5.54 Å². The molecule has 54 heavy (non-hydrogen) atoms. The van der Waals surface area contributed by atoms with E-state index >= 15 is 8.78 Å². The van der Waals surface area contributed by atoms with Gasteiger partial charge in [0, 0.05) is 30.6 Å². The van der Waals surface area contributed by atoms with Crippen molar-refractivity contribution in [2.45, 2.75) is 109 Å². The number of pyridine rings is 1. The third kappa shape index (κ3) is 6.28. The van der Waals surface area contributed by atoms with Gasteiger partial charge in [0.05, 0.1) is 22.4 Å². The van der Waals surface area contributed by atoms with Gasteiger partial charge in [0.1, 0.15) is 36.7 Å². The van der Waals surface area contributed by atoms with Crippen LogP contribution in [0.3, 0.4) is 0 Å². The summed E-state index contributed by atoms with van der Waals surface area (Å²) in [7, 11) is -4.72. The molecule has 4 aromatic rings. The Balaban J connectivity index is 1.57. The van der Waals surface area contributed by atoms with Crippen LogP contribution in [0.1, 0.15) is 85.9 Å². The third-order valence-electron chi connectivity index (χ3n) is 12.6. The molecule has 0 amide bonds. The molecule has 2 fully saturated rings. The number of rotatable bonds is 9. The Morgan fingerprint density at radius 2 is 1.72 bits per heavy atom. The molecule has 12 heteroatoms. The number of hydrogen-bond donors (Lipinski definition) is 0. The van der Waals surface area contributed by atoms with Crippen molar-refractivity contribution in [1.82, 2.24) is 15.0 Å². The number of aromatic nitrogens is 3. The zero-order chi connectivity index (χ0) is 38.9. The van der Waals surface area contributed by atoms with Crippen LogP contribution >= 0.6 is 0 Å². The normalized spacial score (nSPS) is 21.2. The summed E-state index contributed by atoms with van der Waals surface area (Å²) in [6.45, 7) is 17.6. The van der Waals surface area contributed by atoms with Crippen LogP contribution in [-0.4, -0.2) is 63.7 Å². The van der Waals surface area contributed by atoms with E-state index in [0.29, 0.717) is 68.3 Å². The Kier molecular flexibility index (Phi) is 10.3. The van der Waals surface area contributed by atoms with Crippen molar-refractivity contribution in [3.63, 3.8) is 0 Å². The van der Waals surface area contributed by atoms with Gasteiger partial charge in [-0.2, -0.15) is 0 Å². The van der Waals surface area contributed by atoms with Crippen molar-refractivity contribution >= 4 is 45.4 Å². The molecule has 288 valence electrons. The summed E-state index contributed by atoms with van der Waals surface area (Å²) in [5, 5.41) is 1.07. The molecule has 8 nitrogen and oxygen atoms in total. The van der Waals surface area contributed by atoms with Gasteiger partial charge in [0.2, 0.25) is 15.0 Å². The number of benzene rings is 2. The van der Waals surface area contributed by atoms with Crippen LogP contribution in [0.4, 0.5) is 14.6 Å². The molecule has 2 aromatic heterocycles. The van der Waals surface area contributed by atoms with Crippen molar-refractivity contribution in [2.24, 2.45) is 17.8 Å². The fourth-order valence-corrected chi connectivity index (χ4v) is 16.1. The van der Waals surface area contributed by atoms with E-state index in [1.165, 1.54) is 20.1 Å². The lowest BCUT2D eigenvalue weighted by Crippen LogP contribution is -2.49. The van der Waals surface area contributed by atoms with Crippen molar-refractivity contribution in [3.8, 4) is 28.5 Å². The van der Waals surface area contributed by atoms with Gasteiger partial charge < -0.3 is 14.4 Å². The molecule has 2 bridgehead atoms. The summed E-state index contributed by atoms with van der Waals surface area (Å²) in [6.07, 6.45) is 3.85. The molecular formula is C42H52F2N4O4SSi. The molecule has 3 aliphatic rings. The van der Waals surface area contributed by atoms with E-state index in [-0.39, 0.29) is 46.8 Å². The van der Waals surface area contributed by atoms with E-state index in [9.17, 15) is 8.42 Å². The van der Waals surface area contributed by atoms with Gasteiger partial charge in [0.15, 0.2) is 12.6 Å². The summed E-state index contributed by atoms with van der Waals surface area (Å²) < 4.78 is 72.0. The van der Waals surface area contributed by atoms with Gasteiger partial charge in [-0.1, -0.05) is 67.4 Å². The number of anilines is 1. The number of nitrogens with zero attached hydrogens (tertiary/aromatic N) is 4. The number of methoxy groups -OCH3 is 1. The minimum absolute atomic E-state index is 0.0582. The molecule has 0 spiro atoms. The summed E-state index contributed by atoms with van der Waals surface area (Å²) in [5.74, 6) is 3.64. The number of piperidine rings is 1.